The topological polar surface area (TPSA) is 31.0 Å². The molecule has 0 aliphatic heterocycles. The summed E-state index contributed by atoms with van der Waals surface area (Å²) in [6.07, 6.45) is 4.19. The summed E-state index contributed by atoms with van der Waals surface area (Å²) in [6, 6.07) is 3.82. The molecule has 0 amide bonds. The third kappa shape index (κ3) is 1.68. The summed E-state index contributed by atoms with van der Waals surface area (Å²) in [6.45, 7) is 2.87. The second-order valence-corrected chi connectivity index (χ2v) is 3.36. The van der Waals surface area contributed by atoms with Crippen molar-refractivity contribution in [2.45, 2.75) is 19.9 Å². The summed E-state index contributed by atoms with van der Waals surface area (Å²) in [5.74, 6) is 0.927. The highest BCUT2D eigenvalue weighted by atomic mass is 35.5. The quantitative estimate of drug-likeness (QED) is 0.780. The molecule has 0 saturated heterocycles. The van der Waals surface area contributed by atoms with Crippen LogP contribution < -0.4 is 0 Å². The Morgan fingerprint density at radius 3 is 3.07 bits per heavy atom. The van der Waals surface area contributed by atoms with E-state index in [-0.39, 0.29) is 0 Å². The van der Waals surface area contributed by atoms with E-state index in [0.717, 1.165) is 24.4 Å². The van der Waals surface area contributed by atoms with Crippen molar-refractivity contribution in [3.8, 4) is 0 Å². The highest BCUT2D eigenvalue weighted by molar-refractivity contribution is 6.28. The zero-order valence-corrected chi connectivity index (χ0v) is 8.66. The highest BCUT2D eigenvalue weighted by Crippen LogP contribution is 2.15. The van der Waals surface area contributed by atoms with Gasteiger partial charge in [-0.1, -0.05) is 0 Å². The molecular formula is C10H11ClN2O. The van der Waals surface area contributed by atoms with Crippen molar-refractivity contribution >= 4 is 11.6 Å². The first-order chi connectivity index (χ1) is 6.81. The van der Waals surface area contributed by atoms with Crippen LogP contribution in [0.15, 0.2) is 29.0 Å². The fourth-order valence-electron chi connectivity index (χ4n) is 1.45. The molecule has 0 saturated carbocycles. The van der Waals surface area contributed by atoms with E-state index in [0.29, 0.717) is 5.28 Å². The second-order valence-electron chi connectivity index (χ2n) is 3.02. The van der Waals surface area contributed by atoms with E-state index in [2.05, 4.69) is 4.98 Å². The molecule has 0 fully saturated rings. The summed E-state index contributed by atoms with van der Waals surface area (Å²) in [5.41, 5.74) is 1.08. The molecule has 0 N–H and O–H groups in total. The van der Waals surface area contributed by atoms with Gasteiger partial charge < -0.3 is 8.98 Å². The van der Waals surface area contributed by atoms with Crippen LogP contribution in [0.3, 0.4) is 0 Å². The molecule has 0 aliphatic rings. The lowest BCUT2D eigenvalue weighted by atomic mass is 10.2. The van der Waals surface area contributed by atoms with Crippen LogP contribution >= 0.6 is 11.6 Å². The number of halogens is 1. The molecule has 0 radical (unpaired) electrons. The van der Waals surface area contributed by atoms with Gasteiger partial charge in [-0.3, -0.25) is 0 Å². The molecule has 14 heavy (non-hydrogen) atoms. The van der Waals surface area contributed by atoms with Crippen molar-refractivity contribution in [3.63, 3.8) is 0 Å². The molecule has 2 heterocycles. The van der Waals surface area contributed by atoms with Crippen molar-refractivity contribution in [1.82, 2.24) is 9.55 Å². The van der Waals surface area contributed by atoms with E-state index in [1.54, 1.807) is 12.5 Å². The van der Waals surface area contributed by atoms with Crippen molar-refractivity contribution in [2.24, 2.45) is 0 Å². The Morgan fingerprint density at radius 2 is 2.43 bits per heavy atom. The number of hydrogen-bond donors (Lipinski definition) is 0. The van der Waals surface area contributed by atoms with Crippen molar-refractivity contribution in [2.75, 3.05) is 0 Å². The predicted molar refractivity (Wildman–Crippen MR) is 54.4 cm³/mol. The lowest BCUT2D eigenvalue weighted by Crippen LogP contribution is -2.00. The summed E-state index contributed by atoms with van der Waals surface area (Å²) in [5, 5.41) is 0.536. The second kappa shape index (κ2) is 3.88. The van der Waals surface area contributed by atoms with E-state index in [1.807, 2.05) is 23.6 Å². The zero-order valence-electron chi connectivity index (χ0n) is 7.90. The third-order valence-corrected chi connectivity index (χ3v) is 2.44. The molecule has 0 aromatic carbocycles. The van der Waals surface area contributed by atoms with Gasteiger partial charge in [-0.25, -0.2) is 4.98 Å². The average Bonchev–Trinajstić information content (AvgIpc) is 2.77. The summed E-state index contributed by atoms with van der Waals surface area (Å²) in [4.78, 5) is 4.05. The predicted octanol–water partition coefficient (Wildman–Crippen LogP) is 2.74. The van der Waals surface area contributed by atoms with E-state index < -0.39 is 0 Å². The van der Waals surface area contributed by atoms with Gasteiger partial charge in [0.2, 0.25) is 5.28 Å². The molecule has 0 bridgehead atoms. The SMILES string of the molecule is CCn1c(Cc2ccco2)cnc1Cl. The lowest BCUT2D eigenvalue weighted by molar-refractivity contribution is 0.515. The van der Waals surface area contributed by atoms with Crippen LogP contribution in [0.1, 0.15) is 18.4 Å². The Balaban J connectivity index is 2.25. The third-order valence-electron chi connectivity index (χ3n) is 2.14. The maximum atomic E-state index is 5.91. The highest BCUT2D eigenvalue weighted by Gasteiger charge is 2.07. The molecule has 0 atom stereocenters. The van der Waals surface area contributed by atoms with Gasteiger partial charge in [0.15, 0.2) is 0 Å². The van der Waals surface area contributed by atoms with Crippen LogP contribution in [0.4, 0.5) is 0 Å². The van der Waals surface area contributed by atoms with Gasteiger partial charge in [0.25, 0.3) is 0 Å². The van der Waals surface area contributed by atoms with Gasteiger partial charge >= 0.3 is 0 Å². The number of furan rings is 1. The van der Waals surface area contributed by atoms with Crippen LogP contribution in [0.25, 0.3) is 0 Å². The van der Waals surface area contributed by atoms with Crippen LogP contribution in [0, 0.1) is 0 Å². The van der Waals surface area contributed by atoms with E-state index in [1.165, 1.54) is 0 Å². The van der Waals surface area contributed by atoms with E-state index >= 15 is 0 Å². The van der Waals surface area contributed by atoms with E-state index in [4.69, 9.17) is 16.0 Å². The first kappa shape index (κ1) is 9.34. The Hall–Kier alpha value is -1.22. The average molecular weight is 211 g/mol. The fraction of sp³-hybridized carbons (Fsp3) is 0.300. The zero-order chi connectivity index (χ0) is 9.97. The number of imidazole rings is 1. The molecule has 0 aliphatic carbocycles. The van der Waals surface area contributed by atoms with Crippen molar-refractivity contribution < 1.29 is 4.42 Å². The number of aromatic nitrogens is 2. The largest absolute Gasteiger partial charge is 0.469 e. The Morgan fingerprint density at radius 1 is 1.57 bits per heavy atom. The molecule has 2 rings (SSSR count). The Bertz CT molecular complexity index is 406. The van der Waals surface area contributed by atoms with Crippen molar-refractivity contribution in [1.29, 1.82) is 0 Å². The maximum absolute atomic E-state index is 5.91. The normalized spacial score (nSPS) is 10.7. The van der Waals surface area contributed by atoms with Crippen molar-refractivity contribution in [3.05, 3.63) is 41.3 Å². The van der Waals surface area contributed by atoms with Gasteiger partial charge in [0.05, 0.1) is 12.5 Å². The maximum Gasteiger partial charge on any atom is 0.202 e. The Kier molecular flexibility index (Phi) is 2.59. The molecule has 0 unspecified atom stereocenters. The number of nitrogens with zero attached hydrogens (tertiary/aromatic N) is 2. The molecule has 0 spiro atoms. The van der Waals surface area contributed by atoms with Gasteiger partial charge in [0, 0.05) is 18.7 Å². The summed E-state index contributed by atoms with van der Waals surface area (Å²) < 4.78 is 7.22. The first-order valence-corrected chi connectivity index (χ1v) is 4.91. The Labute approximate surface area is 87.3 Å². The summed E-state index contributed by atoms with van der Waals surface area (Å²) in [7, 11) is 0. The first-order valence-electron chi connectivity index (χ1n) is 4.53. The molecular weight excluding hydrogens is 200 g/mol. The van der Waals surface area contributed by atoms with Crippen LogP contribution in [-0.4, -0.2) is 9.55 Å². The van der Waals surface area contributed by atoms with Crippen LogP contribution in [0.2, 0.25) is 5.28 Å². The van der Waals surface area contributed by atoms with E-state index in [9.17, 15) is 0 Å². The number of hydrogen-bond acceptors (Lipinski definition) is 2. The molecule has 4 heteroatoms. The van der Waals surface area contributed by atoms with Gasteiger partial charge in [-0.05, 0) is 30.7 Å². The molecule has 2 aromatic heterocycles. The minimum absolute atomic E-state index is 0.536. The molecule has 3 nitrogen and oxygen atoms in total. The van der Waals surface area contributed by atoms with Gasteiger partial charge in [0.1, 0.15) is 5.76 Å². The smallest absolute Gasteiger partial charge is 0.202 e. The van der Waals surface area contributed by atoms with Gasteiger partial charge in [-0.15, -0.1) is 0 Å². The fourth-order valence-corrected chi connectivity index (χ4v) is 1.73. The minimum atomic E-state index is 0.536. The monoisotopic (exact) mass is 210 g/mol. The van der Waals surface area contributed by atoms with Crippen LogP contribution in [0.5, 0.6) is 0 Å². The standard InChI is InChI=1S/C10H11ClN2O/c1-2-13-8(7-12-10(13)11)6-9-4-3-5-14-9/h3-5,7H,2,6H2,1H3. The molecule has 2 aromatic rings. The lowest BCUT2D eigenvalue weighted by Gasteiger charge is -2.03. The minimum Gasteiger partial charge on any atom is -0.469 e. The number of rotatable bonds is 3. The van der Waals surface area contributed by atoms with Gasteiger partial charge in [-0.2, -0.15) is 0 Å². The van der Waals surface area contributed by atoms with Crippen LogP contribution in [-0.2, 0) is 13.0 Å². The molecule has 74 valence electrons. The summed E-state index contributed by atoms with van der Waals surface area (Å²) >= 11 is 5.91.